The van der Waals surface area contributed by atoms with Crippen LogP contribution < -0.4 is 4.72 Å². The lowest BCUT2D eigenvalue weighted by atomic mass is 10.5. The summed E-state index contributed by atoms with van der Waals surface area (Å²) >= 11 is 0.987. The second-order valence-corrected chi connectivity index (χ2v) is 5.22. The van der Waals surface area contributed by atoms with E-state index in [-0.39, 0.29) is 5.13 Å². The molecule has 0 radical (unpaired) electrons. The third-order valence-corrected chi connectivity index (χ3v) is 3.59. The second-order valence-electron chi connectivity index (χ2n) is 2.77. The highest BCUT2D eigenvalue weighted by molar-refractivity contribution is 7.92. The van der Waals surface area contributed by atoms with E-state index in [1.54, 1.807) is 0 Å². The van der Waals surface area contributed by atoms with Crippen LogP contribution in [0.25, 0.3) is 0 Å². The van der Waals surface area contributed by atoms with Gasteiger partial charge in [0.1, 0.15) is 5.51 Å². The summed E-state index contributed by atoms with van der Waals surface area (Å²) in [4.78, 5) is 10.5. The molecule has 2 rings (SSSR count). The van der Waals surface area contributed by atoms with Gasteiger partial charge in [-0.1, -0.05) is 11.3 Å². The van der Waals surface area contributed by atoms with Gasteiger partial charge in [0, 0.05) is 0 Å². The Morgan fingerprint density at radius 3 is 2.76 bits per heavy atom. The number of rotatable bonds is 4. The molecule has 2 heterocycles. The molecule has 0 atom stereocenters. The number of nitrogens with zero attached hydrogens (tertiary/aromatic N) is 2. The van der Waals surface area contributed by atoms with Crippen LogP contribution in [0.3, 0.4) is 0 Å². The molecule has 0 aromatic carbocycles. The number of aromatic carboxylic acids is 1. The number of anilines is 1. The fourth-order valence-electron chi connectivity index (χ4n) is 0.962. The zero-order valence-electron chi connectivity index (χ0n) is 8.02. The number of hydrogen-bond acceptors (Lipinski definition) is 7. The maximum Gasteiger partial charge on any atom is 0.371 e. The summed E-state index contributed by atoms with van der Waals surface area (Å²) in [5.74, 6) is -1.80. The van der Waals surface area contributed by atoms with E-state index in [0.717, 1.165) is 23.5 Å². The highest BCUT2D eigenvalue weighted by atomic mass is 32.2. The standard InChI is InChI=1S/C7H5N3O5S2/c11-6(12)4-1-2-5(15-4)17(13,14)10-7-9-8-3-16-7/h1-3H,(H,9,10)(H,11,12). The number of carboxylic acids is 1. The lowest BCUT2D eigenvalue weighted by molar-refractivity contribution is 0.0656. The molecular formula is C7H5N3O5S2. The van der Waals surface area contributed by atoms with Crippen molar-refractivity contribution in [2.45, 2.75) is 5.09 Å². The zero-order chi connectivity index (χ0) is 12.5. The third-order valence-electron chi connectivity index (χ3n) is 1.64. The Balaban J connectivity index is 2.28. The molecule has 90 valence electrons. The van der Waals surface area contributed by atoms with Crippen LogP contribution in [-0.2, 0) is 10.0 Å². The molecule has 0 fully saturated rings. The van der Waals surface area contributed by atoms with E-state index in [0.29, 0.717) is 0 Å². The molecule has 0 bridgehead atoms. The van der Waals surface area contributed by atoms with E-state index < -0.39 is 26.8 Å². The van der Waals surface area contributed by atoms with E-state index in [9.17, 15) is 13.2 Å². The van der Waals surface area contributed by atoms with Gasteiger partial charge in [0.2, 0.25) is 16.0 Å². The van der Waals surface area contributed by atoms with E-state index in [4.69, 9.17) is 5.11 Å². The van der Waals surface area contributed by atoms with Gasteiger partial charge in [0.15, 0.2) is 0 Å². The van der Waals surface area contributed by atoms with E-state index >= 15 is 0 Å². The van der Waals surface area contributed by atoms with Gasteiger partial charge in [-0.2, -0.15) is 8.42 Å². The fourth-order valence-corrected chi connectivity index (χ4v) is 2.59. The summed E-state index contributed by atoms with van der Waals surface area (Å²) in [5.41, 5.74) is 1.35. The lowest BCUT2D eigenvalue weighted by Crippen LogP contribution is -2.12. The molecular weight excluding hydrogens is 270 g/mol. The predicted molar refractivity (Wildman–Crippen MR) is 56.4 cm³/mol. The van der Waals surface area contributed by atoms with Gasteiger partial charge >= 0.3 is 5.97 Å². The largest absolute Gasteiger partial charge is 0.475 e. The van der Waals surface area contributed by atoms with Crippen LogP contribution in [0.2, 0.25) is 0 Å². The first-order valence-corrected chi connectivity index (χ1v) is 6.47. The van der Waals surface area contributed by atoms with Crippen molar-refractivity contribution in [3.63, 3.8) is 0 Å². The van der Waals surface area contributed by atoms with Crippen LogP contribution in [0.1, 0.15) is 10.6 Å². The quantitative estimate of drug-likeness (QED) is 0.838. The number of carbonyl (C=O) groups is 1. The van der Waals surface area contributed by atoms with Gasteiger partial charge in [-0.15, -0.1) is 10.2 Å². The summed E-state index contributed by atoms with van der Waals surface area (Å²) in [5, 5.41) is 15.1. The van der Waals surface area contributed by atoms with Crippen molar-refractivity contribution in [3.05, 3.63) is 23.4 Å². The Labute approximate surface area is 99.0 Å². The molecule has 0 unspecified atom stereocenters. The van der Waals surface area contributed by atoms with Crippen LogP contribution in [0.4, 0.5) is 5.13 Å². The van der Waals surface area contributed by atoms with Crippen LogP contribution in [0, 0.1) is 0 Å². The van der Waals surface area contributed by atoms with Crippen molar-refractivity contribution in [2.75, 3.05) is 4.72 Å². The monoisotopic (exact) mass is 275 g/mol. The first-order chi connectivity index (χ1) is 7.99. The summed E-state index contributed by atoms with van der Waals surface area (Å²) in [6, 6.07) is 2.10. The van der Waals surface area contributed by atoms with Crippen molar-refractivity contribution in [1.82, 2.24) is 10.2 Å². The molecule has 2 aromatic heterocycles. The average Bonchev–Trinajstić information content (AvgIpc) is 2.84. The summed E-state index contributed by atoms with van der Waals surface area (Å²) < 4.78 is 30.1. The summed E-state index contributed by atoms with van der Waals surface area (Å²) in [6.45, 7) is 0. The van der Waals surface area contributed by atoms with Crippen LogP contribution in [0.15, 0.2) is 27.2 Å². The number of hydrogen-bond donors (Lipinski definition) is 2. The first-order valence-electron chi connectivity index (χ1n) is 4.11. The van der Waals surface area contributed by atoms with Gasteiger partial charge < -0.3 is 9.52 Å². The van der Waals surface area contributed by atoms with Crippen LogP contribution in [-0.4, -0.2) is 29.7 Å². The van der Waals surface area contributed by atoms with Crippen LogP contribution >= 0.6 is 11.3 Å². The highest BCUT2D eigenvalue weighted by Gasteiger charge is 2.22. The molecule has 0 amide bonds. The average molecular weight is 275 g/mol. The minimum absolute atomic E-state index is 0.0678. The van der Waals surface area contributed by atoms with Gasteiger partial charge in [0.25, 0.3) is 10.0 Å². The van der Waals surface area contributed by atoms with Crippen molar-refractivity contribution < 1.29 is 22.7 Å². The minimum atomic E-state index is -3.97. The van der Waals surface area contributed by atoms with Crippen molar-refractivity contribution >= 4 is 32.5 Å². The molecule has 0 aliphatic carbocycles. The molecule has 17 heavy (non-hydrogen) atoms. The Morgan fingerprint density at radius 2 is 2.24 bits per heavy atom. The molecule has 8 nitrogen and oxygen atoms in total. The molecule has 2 aromatic rings. The topological polar surface area (TPSA) is 122 Å². The lowest BCUT2D eigenvalue weighted by Gasteiger charge is -1.99. The Kier molecular flexibility index (Phi) is 2.81. The molecule has 0 saturated carbocycles. The Morgan fingerprint density at radius 1 is 1.47 bits per heavy atom. The fraction of sp³-hybridized carbons (Fsp3) is 0. The predicted octanol–water partition coefficient (Wildman–Crippen LogP) is 0.630. The van der Waals surface area contributed by atoms with E-state index in [1.165, 1.54) is 5.51 Å². The number of furan rings is 1. The summed E-state index contributed by atoms with van der Waals surface area (Å²) in [7, 11) is -3.97. The highest BCUT2D eigenvalue weighted by Crippen LogP contribution is 2.18. The SMILES string of the molecule is O=C(O)c1ccc(S(=O)(=O)Nc2nncs2)o1. The Bertz CT molecular complexity index is 630. The minimum Gasteiger partial charge on any atom is -0.475 e. The van der Waals surface area contributed by atoms with Gasteiger partial charge in [-0.05, 0) is 12.1 Å². The van der Waals surface area contributed by atoms with E-state index in [1.807, 2.05) is 0 Å². The number of aromatic nitrogens is 2. The molecule has 10 heteroatoms. The second kappa shape index (κ2) is 4.14. The summed E-state index contributed by atoms with van der Waals surface area (Å²) in [6.07, 6.45) is 0. The molecule has 0 spiro atoms. The van der Waals surface area contributed by atoms with Gasteiger partial charge in [-0.3, -0.25) is 4.72 Å². The van der Waals surface area contributed by atoms with Crippen molar-refractivity contribution in [2.24, 2.45) is 0 Å². The third kappa shape index (κ3) is 2.42. The normalized spacial score (nSPS) is 11.3. The van der Waals surface area contributed by atoms with Gasteiger partial charge in [-0.25, -0.2) is 4.79 Å². The molecule has 2 N–H and O–H groups in total. The Hall–Kier alpha value is -1.94. The number of nitrogens with one attached hydrogen (secondary N) is 1. The van der Waals surface area contributed by atoms with Crippen LogP contribution in [0.5, 0.6) is 0 Å². The first kappa shape index (κ1) is 11.5. The van der Waals surface area contributed by atoms with Crippen molar-refractivity contribution in [1.29, 1.82) is 0 Å². The molecule has 0 saturated heterocycles. The zero-order valence-corrected chi connectivity index (χ0v) is 9.66. The van der Waals surface area contributed by atoms with E-state index in [2.05, 4.69) is 19.3 Å². The maximum absolute atomic E-state index is 11.7. The number of sulfonamides is 1. The smallest absolute Gasteiger partial charge is 0.371 e. The van der Waals surface area contributed by atoms with Gasteiger partial charge in [0.05, 0.1) is 0 Å². The number of carboxylic acid groups (broad SMARTS) is 1. The maximum atomic E-state index is 11.7. The molecule has 0 aliphatic heterocycles. The molecule has 0 aliphatic rings. The van der Waals surface area contributed by atoms with Crippen molar-refractivity contribution in [3.8, 4) is 0 Å².